The maximum absolute atomic E-state index is 11.2. The highest BCUT2D eigenvalue weighted by molar-refractivity contribution is 5.93. The lowest BCUT2D eigenvalue weighted by Crippen LogP contribution is -2.28. The number of carbonyl (C=O) groups is 1. The third kappa shape index (κ3) is 2.33. The lowest BCUT2D eigenvalue weighted by Gasteiger charge is -2.19. The molecule has 14 heavy (non-hydrogen) atoms. The summed E-state index contributed by atoms with van der Waals surface area (Å²) in [6.07, 6.45) is 0. The molecule has 0 aliphatic heterocycles. The predicted octanol–water partition coefficient (Wildman–Crippen LogP) is 1.24. The Morgan fingerprint density at radius 3 is 2.14 bits per heavy atom. The van der Waals surface area contributed by atoms with E-state index in [9.17, 15) is 4.79 Å². The molecule has 3 N–H and O–H groups in total. The van der Waals surface area contributed by atoms with Crippen molar-refractivity contribution in [3.63, 3.8) is 0 Å². The Bertz CT molecular complexity index is 322. The van der Waals surface area contributed by atoms with Crippen LogP contribution in [-0.2, 0) is 5.54 Å². The van der Waals surface area contributed by atoms with Gasteiger partial charge in [-0.15, -0.1) is 0 Å². The summed E-state index contributed by atoms with van der Waals surface area (Å²) in [5.74, 6) is -0.0774. The SMILES string of the molecule is CNC(=O)c1ccc(C(C)(C)N)cc1. The summed E-state index contributed by atoms with van der Waals surface area (Å²) in [7, 11) is 1.61. The Morgan fingerprint density at radius 1 is 1.29 bits per heavy atom. The molecule has 0 saturated heterocycles. The molecule has 1 aromatic carbocycles. The molecule has 0 unspecified atom stereocenters. The first-order chi connectivity index (χ1) is 6.45. The van der Waals surface area contributed by atoms with Gasteiger partial charge in [0.25, 0.3) is 5.91 Å². The molecule has 1 rings (SSSR count). The zero-order valence-electron chi connectivity index (χ0n) is 8.79. The van der Waals surface area contributed by atoms with E-state index >= 15 is 0 Å². The number of nitrogens with two attached hydrogens (primary N) is 1. The van der Waals surface area contributed by atoms with Crippen molar-refractivity contribution in [2.24, 2.45) is 5.73 Å². The van der Waals surface area contributed by atoms with Crippen LogP contribution in [0.25, 0.3) is 0 Å². The zero-order chi connectivity index (χ0) is 10.8. The van der Waals surface area contributed by atoms with E-state index in [4.69, 9.17) is 5.73 Å². The third-order valence-electron chi connectivity index (χ3n) is 2.12. The Hall–Kier alpha value is -1.35. The molecular weight excluding hydrogens is 176 g/mol. The lowest BCUT2D eigenvalue weighted by molar-refractivity contribution is 0.0963. The van der Waals surface area contributed by atoms with Gasteiger partial charge < -0.3 is 11.1 Å². The maximum Gasteiger partial charge on any atom is 0.251 e. The van der Waals surface area contributed by atoms with Crippen molar-refractivity contribution in [1.29, 1.82) is 0 Å². The summed E-state index contributed by atoms with van der Waals surface area (Å²) in [6, 6.07) is 7.32. The summed E-state index contributed by atoms with van der Waals surface area (Å²) in [4.78, 5) is 11.2. The number of hydrogen-bond acceptors (Lipinski definition) is 2. The van der Waals surface area contributed by atoms with Gasteiger partial charge in [0.05, 0.1) is 0 Å². The van der Waals surface area contributed by atoms with Crippen molar-refractivity contribution < 1.29 is 4.79 Å². The van der Waals surface area contributed by atoms with Gasteiger partial charge >= 0.3 is 0 Å². The maximum atomic E-state index is 11.2. The fraction of sp³-hybridized carbons (Fsp3) is 0.364. The second-order valence-corrected chi connectivity index (χ2v) is 3.88. The zero-order valence-corrected chi connectivity index (χ0v) is 8.79. The molecule has 0 atom stereocenters. The molecule has 0 bridgehead atoms. The van der Waals surface area contributed by atoms with Gasteiger partial charge in [-0.2, -0.15) is 0 Å². The highest BCUT2D eigenvalue weighted by Crippen LogP contribution is 2.16. The Kier molecular flexibility index (Phi) is 2.91. The van der Waals surface area contributed by atoms with Crippen molar-refractivity contribution in [3.05, 3.63) is 35.4 Å². The minimum atomic E-state index is -0.360. The van der Waals surface area contributed by atoms with Crippen LogP contribution >= 0.6 is 0 Å². The lowest BCUT2D eigenvalue weighted by atomic mass is 9.95. The first-order valence-electron chi connectivity index (χ1n) is 4.56. The predicted molar refractivity (Wildman–Crippen MR) is 57.0 cm³/mol. The quantitative estimate of drug-likeness (QED) is 0.740. The van der Waals surface area contributed by atoms with E-state index in [1.165, 1.54) is 0 Å². The molecule has 3 heteroatoms. The molecular formula is C11H16N2O. The van der Waals surface area contributed by atoms with Crippen LogP contribution in [-0.4, -0.2) is 13.0 Å². The van der Waals surface area contributed by atoms with Crippen molar-refractivity contribution >= 4 is 5.91 Å². The van der Waals surface area contributed by atoms with Gasteiger partial charge in [-0.05, 0) is 31.5 Å². The molecule has 0 fully saturated rings. The van der Waals surface area contributed by atoms with Crippen LogP contribution in [0.4, 0.5) is 0 Å². The largest absolute Gasteiger partial charge is 0.355 e. The molecule has 0 saturated carbocycles. The highest BCUT2D eigenvalue weighted by Gasteiger charge is 2.13. The molecule has 0 radical (unpaired) electrons. The summed E-state index contributed by atoms with van der Waals surface area (Å²) in [5.41, 5.74) is 7.23. The number of nitrogens with one attached hydrogen (secondary N) is 1. The van der Waals surface area contributed by atoms with E-state index in [0.717, 1.165) is 5.56 Å². The first-order valence-corrected chi connectivity index (χ1v) is 4.56. The van der Waals surface area contributed by atoms with E-state index in [1.54, 1.807) is 19.2 Å². The van der Waals surface area contributed by atoms with Crippen LogP contribution in [0.15, 0.2) is 24.3 Å². The van der Waals surface area contributed by atoms with Crippen LogP contribution in [0.1, 0.15) is 29.8 Å². The average molecular weight is 192 g/mol. The molecule has 3 nitrogen and oxygen atoms in total. The molecule has 0 heterocycles. The van der Waals surface area contributed by atoms with Gasteiger partial charge in [-0.1, -0.05) is 12.1 Å². The smallest absolute Gasteiger partial charge is 0.251 e. The van der Waals surface area contributed by atoms with Crippen molar-refractivity contribution in [2.75, 3.05) is 7.05 Å². The Morgan fingerprint density at radius 2 is 1.79 bits per heavy atom. The monoisotopic (exact) mass is 192 g/mol. The van der Waals surface area contributed by atoms with Gasteiger partial charge in [0.15, 0.2) is 0 Å². The average Bonchev–Trinajstić information content (AvgIpc) is 2.15. The van der Waals surface area contributed by atoms with Gasteiger partial charge in [0.2, 0.25) is 0 Å². The number of carbonyl (C=O) groups excluding carboxylic acids is 1. The van der Waals surface area contributed by atoms with Crippen LogP contribution in [0.2, 0.25) is 0 Å². The standard InChI is InChI=1S/C11H16N2O/c1-11(2,12)9-6-4-8(5-7-9)10(14)13-3/h4-7H,12H2,1-3H3,(H,13,14). The van der Waals surface area contributed by atoms with Crippen LogP contribution < -0.4 is 11.1 Å². The Balaban J connectivity index is 2.95. The molecule has 1 amide bonds. The fourth-order valence-corrected chi connectivity index (χ4v) is 1.20. The second-order valence-electron chi connectivity index (χ2n) is 3.88. The topological polar surface area (TPSA) is 55.1 Å². The minimum Gasteiger partial charge on any atom is -0.355 e. The molecule has 0 aliphatic carbocycles. The van der Waals surface area contributed by atoms with Crippen LogP contribution in [0.3, 0.4) is 0 Å². The molecule has 1 aromatic rings. The van der Waals surface area contributed by atoms with Crippen LogP contribution in [0, 0.1) is 0 Å². The number of benzene rings is 1. The molecule has 76 valence electrons. The fourth-order valence-electron chi connectivity index (χ4n) is 1.20. The number of hydrogen-bond donors (Lipinski definition) is 2. The van der Waals surface area contributed by atoms with Crippen molar-refractivity contribution in [2.45, 2.75) is 19.4 Å². The van der Waals surface area contributed by atoms with Gasteiger partial charge in [-0.25, -0.2) is 0 Å². The summed E-state index contributed by atoms with van der Waals surface area (Å²) >= 11 is 0. The highest BCUT2D eigenvalue weighted by atomic mass is 16.1. The van der Waals surface area contributed by atoms with E-state index < -0.39 is 0 Å². The molecule has 0 aromatic heterocycles. The van der Waals surface area contributed by atoms with Crippen LogP contribution in [0.5, 0.6) is 0 Å². The second kappa shape index (κ2) is 3.80. The summed E-state index contributed by atoms with van der Waals surface area (Å²) < 4.78 is 0. The molecule has 0 spiro atoms. The number of amides is 1. The van der Waals surface area contributed by atoms with E-state index in [2.05, 4.69) is 5.32 Å². The van der Waals surface area contributed by atoms with E-state index in [0.29, 0.717) is 5.56 Å². The van der Waals surface area contributed by atoms with Gasteiger partial charge in [0.1, 0.15) is 0 Å². The first kappa shape index (κ1) is 10.7. The minimum absolute atomic E-state index is 0.0774. The Labute approximate surface area is 84.3 Å². The number of rotatable bonds is 2. The van der Waals surface area contributed by atoms with Gasteiger partial charge in [-0.3, -0.25) is 4.79 Å². The molecule has 0 aliphatic rings. The summed E-state index contributed by atoms with van der Waals surface area (Å²) in [6.45, 7) is 3.86. The normalized spacial score (nSPS) is 11.1. The van der Waals surface area contributed by atoms with Gasteiger partial charge in [0, 0.05) is 18.2 Å². The van der Waals surface area contributed by atoms with Crippen molar-refractivity contribution in [1.82, 2.24) is 5.32 Å². The van der Waals surface area contributed by atoms with E-state index in [-0.39, 0.29) is 11.4 Å². The third-order valence-corrected chi connectivity index (χ3v) is 2.12. The summed E-state index contributed by atoms with van der Waals surface area (Å²) in [5, 5.41) is 2.57. The van der Waals surface area contributed by atoms with E-state index in [1.807, 2.05) is 26.0 Å². The van der Waals surface area contributed by atoms with Crippen molar-refractivity contribution in [3.8, 4) is 0 Å².